The second-order valence-corrected chi connectivity index (χ2v) is 6.90. The number of amides is 1. The fraction of sp³-hybridized carbons (Fsp3) is 0.318. The van der Waals surface area contributed by atoms with Crippen LogP contribution in [-0.2, 0) is 0 Å². The lowest BCUT2D eigenvalue weighted by Crippen LogP contribution is -2.12. The lowest BCUT2D eigenvalue weighted by Gasteiger charge is -2.08. The van der Waals surface area contributed by atoms with Gasteiger partial charge in [-0.1, -0.05) is 38.4 Å². The molecule has 0 aliphatic carbocycles. The normalized spacial score (nSPS) is 10.7. The zero-order valence-electron chi connectivity index (χ0n) is 17.4. The van der Waals surface area contributed by atoms with Crippen LogP contribution in [-0.4, -0.2) is 23.4 Å². The van der Waals surface area contributed by atoms with Gasteiger partial charge in [0.05, 0.1) is 11.1 Å². The number of benzene rings is 2. The number of anilines is 1. The topological polar surface area (TPSA) is 49.3 Å². The van der Waals surface area contributed by atoms with Gasteiger partial charge >= 0.3 is 0 Å². The first-order chi connectivity index (χ1) is 14.2. The maximum Gasteiger partial charge on any atom is 0.255 e. The number of aliphatic hydroxyl groups excluding tert-OH is 1. The third-order valence-electron chi connectivity index (χ3n) is 3.56. The molecule has 0 aromatic heterocycles. The van der Waals surface area contributed by atoms with E-state index in [-0.39, 0.29) is 17.4 Å². The first-order valence-electron chi connectivity index (χ1n) is 9.31. The van der Waals surface area contributed by atoms with E-state index in [1.165, 1.54) is 17.8 Å². The maximum absolute atomic E-state index is 13.1. The van der Waals surface area contributed by atoms with Crippen molar-refractivity contribution in [3.63, 3.8) is 0 Å². The number of aliphatic hydroxyl groups is 1. The van der Waals surface area contributed by atoms with Crippen molar-refractivity contribution in [1.82, 2.24) is 0 Å². The molecule has 2 rings (SSSR count). The van der Waals surface area contributed by atoms with Crippen LogP contribution in [0, 0.1) is 17.5 Å². The maximum atomic E-state index is 13.1. The number of hydrogen-bond donors (Lipinski definition) is 2. The Bertz CT molecular complexity index is 811. The molecule has 0 aliphatic heterocycles. The Labute approximate surface area is 185 Å². The van der Waals surface area contributed by atoms with E-state index in [1.54, 1.807) is 24.5 Å². The summed E-state index contributed by atoms with van der Waals surface area (Å²) in [5.74, 6) is -4.89. The van der Waals surface area contributed by atoms with Gasteiger partial charge in [0.25, 0.3) is 5.91 Å². The standard InChI is InChI=1S/C14H9ClF3NOS.C6H12O.C2H6/c1-21-12-4-7(2-3-9(12)15)14(20)19-8-5-10(16)13(18)11(17)6-8;1-3-5-6(7)4-2;1-2/h2-6H,1H3,(H,19,20);3,6-7H,1,4-5H2,2H3;1-2H3. The number of thioether (sulfide) groups is 1. The number of carbonyl (C=O) groups excluding carboxylic acids is 1. The van der Waals surface area contributed by atoms with Gasteiger partial charge in [0, 0.05) is 28.3 Å². The molecule has 0 saturated heterocycles. The Kier molecular flexibility index (Phi) is 14.0. The van der Waals surface area contributed by atoms with E-state index in [4.69, 9.17) is 16.7 Å². The van der Waals surface area contributed by atoms with Crippen LogP contribution >= 0.6 is 23.4 Å². The van der Waals surface area contributed by atoms with E-state index in [2.05, 4.69) is 11.9 Å². The number of halogens is 4. The molecular formula is C22H27ClF3NO2S. The van der Waals surface area contributed by atoms with Gasteiger partial charge in [-0.15, -0.1) is 18.3 Å². The summed E-state index contributed by atoms with van der Waals surface area (Å²) in [6, 6.07) is 6.00. The van der Waals surface area contributed by atoms with E-state index in [0.717, 1.165) is 12.8 Å². The van der Waals surface area contributed by atoms with Crippen molar-refractivity contribution < 1.29 is 23.1 Å². The molecule has 2 aromatic rings. The summed E-state index contributed by atoms with van der Waals surface area (Å²) < 4.78 is 39.0. The minimum absolute atomic E-state index is 0.169. The van der Waals surface area contributed by atoms with Gasteiger partial charge in [-0.05, 0) is 37.3 Å². The molecule has 0 heterocycles. The van der Waals surface area contributed by atoms with E-state index in [9.17, 15) is 18.0 Å². The first-order valence-corrected chi connectivity index (χ1v) is 10.9. The van der Waals surface area contributed by atoms with Gasteiger partial charge in [0.1, 0.15) is 0 Å². The Hall–Kier alpha value is -1.96. The monoisotopic (exact) mass is 461 g/mol. The molecule has 0 bridgehead atoms. The van der Waals surface area contributed by atoms with E-state index < -0.39 is 23.4 Å². The van der Waals surface area contributed by atoms with Gasteiger partial charge in [0.2, 0.25) is 0 Å². The Morgan fingerprint density at radius 2 is 1.80 bits per heavy atom. The van der Waals surface area contributed by atoms with Crippen molar-refractivity contribution in [1.29, 1.82) is 0 Å². The van der Waals surface area contributed by atoms with Crippen LogP contribution in [0.1, 0.15) is 44.0 Å². The molecule has 2 aromatic carbocycles. The Morgan fingerprint density at radius 1 is 1.23 bits per heavy atom. The summed E-state index contributed by atoms with van der Waals surface area (Å²) in [6.07, 6.45) is 4.90. The van der Waals surface area contributed by atoms with Crippen molar-refractivity contribution in [2.45, 2.75) is 44.6 Å². The molecular weight excluding hydrogens is 435 g/mol. The summed E-state index contributed by atoms with van der Waals surface area (Å²) in [5.41, 5.74) is 0.103. The van der Waals surface area contributed by atoms with Crippen molar-refractivity contribution in [2.24, 2.45) is 0 Å². The van der Waals surface area contributed by atoms with Gasteiger partial charge < -0.3 is 10.4 Å². The average Bonchev–Trinajstić information content (AvgIpc) is 2.74. The SMILES string of the molecule is C=CCC(O)CC.CC.CSc1cc(C(=O)Nc2cc(F)c(F)c(F)c2)ccc1Cl. The van der Waals surface area contributed by atoms with Crippen LogP contribution in [0.4, 0.5) is 18.9 Å². The average molecular weight is 462 g/mol. The summed E-state index contributed by atoms with van der Waals surface area (Å²) >= 11 is 7.29. The summed E-state index contributed by atoms with van der Waals surface area (Å²) in [6.45, 7) is 9.44. The highest BCUT2D eigenvalue weighted by molar-refractivity contribution is 7.98. The van der Waals surface area contributed by atoms with Crippen LogP contribution in [0.25, 0.3) is 0 Å². The van der Waals surface area contributed by atoms with Gasteiger partial charge in [0.15, 0.2) is 17.5 Å². The highest BCUT2D eigenvalue weighted by Crippen LogP contribution is 2.26. The summed E-state index contributed by atoms with van der Waals surface area (Å²) in [7, 11) is 0. The lowest BCUT2D eigenvalue weighted by molar-refractivity contribution is 0.102. The number of hydrogen-bond acceptors (Lipinski definition) is 3. The first kappa shape index (κ1) is 28.0. The lowest BCUT2D eigenvalue weighted by atomic mass is 10.2. The summed E-state index contributed by atoms with van der Waals surface area (Å²) in [5, 5.41) is 11.6. The number of carbonyl (C=O) groups is 1. The van der Waals surface area contributed by atoms with Crippen LogP contribution in [0.15, 0.2) is 47.9 Å². The minimum atomic E-state index is -1.58. The molecule has 0 spiro atoms. The van der Waals surface area contributed by atoms with Crippen molar-refractivity contribution in [3.05, 3.63) is 71.0 Å². The second-order valence-electron chi connectivity index (χ2n) is 5.64. The molecule has 1 atom stereocenters. The minimum Gasteiger partial charge on any atom is -0.393 e. The van der Waals surface area contributed by atoms with Gasteiger partial charge in [-0.3, -0.25) is 4.79 Å². The van der Waals surface area contributed by atoms with Crippen molar-refractivity contribution in [2.75, 3.05) is 11.6 Å². The zero-order valence-corrected chi connectivity index (χ0v) is 19.0. The fourth-order valence-corrected chi connectivity index (χ4v) is 2.85. The quantitative estimate of drug-likeness (QED) is 0.274. The molecule has 2 N–H and O–H groups in total. The molecule has 0 fully saturated rings. The van der Waals surface area contributed by atoms with Crippen LogP contribution in [0.3, 0.4) is 0 Å². The largest absolute Gasteiger partial charge is 0.393 e. The Morgan fingerprint density at radius 3 is 2.23 bits per heavy atom. The molecule has 0 saturated carbocycles. The highest BCUT2D eigenvalue weighted by atomic mass is 35.5. The van der Waals surface area contributed by atoms with Gasteiger partial charge in [-0.25, -0.2) is 13.2 Å². The van der Waals surface area contributed by atoms with Gasteiger partial charge in [-0.2, -0.15) is 0 Å². The highest BCUT2D eigenvalue weighted by Gasteiger charge is 2.14. The molecule has 30 heavy (non-hydrogen) atoms. The molecule has 0 aliphatic rings. The molecule has 0 radical (unpaired) electrons. The second kappa shape index (κ2) is 14.9. The van der Waals surface area contributed by atoms with Crippen molar-refractivity contribution in [3.8, 4) is 0 Å². The van der Waals surface area contributed by atoms with Crippen LogP contribution in [0.5, 0.6) is 0 Å². The third kappa shape index (κ3) is 9.24. The van der Waals surface area contributed by atoms with E-state index >= 15 is 0 Å². The fourth-order valence-electron chi connectivity index (χ4n) is 1.99. The number of nitrogens with one attached hydrogen (secondary N) is 1. The van der Waals surface area contributed by atoms with Crippen LogP contribution in [0.2, 0.25) is 5.02 Å². The number of rotatable bonds is 6. The zero-order chi connectivity index (χ0) is 23.3. The molecule has 3 nitrogen and oxygen atoms in total. The van der Waals surface area contributed by atoms with E-state index in [1.807, 2.05) is 20.8 Å². The summed E-state index contributed by atoms with van der Waals surface area (Å²) in [4.78, 5) is 12.7. The van der Waals surface area contributed by atoms with E-state index in [0.29, 0.717) is 22.1 Å². The Balaban J connectivity index is 0.000000795. The van der Waals surface area contributed by atoms with Crippen LogP contribution < -0.4 is 5.32 Å². The molecule has 166 valence electrons. The molecule has 8 heteroatoms. The third-order valence-corrected chi connectivity index (χ3v) is 4.78. The predicted octanol–water partition coefficient (Wildman–Crippen LogP) is 7.09. The molecule has 1 amide bonds. The molecule has 1 unspecified atom stereocenters. The smallest absolute Gasteiger partial charge is 0.255 e. The predicted molar refractivity (Wildman–Crippen MR) is 120 cm³/mol. The van der Waals surface area contributed by atoms with Crippen molar-refractivity contribution >= 4 is 35.0 Å².